The van der Waals surface area contributed by atoms with Gasteiger partial charge in [-0.1, -0.05) is 18.2 Å². The number of anilines is 1. The number of nitrogens with two attached hydrogens (primary N) is 1. The summed E-state index contributed by atoms with van der Waals surface area (Å²) in [5.74, 6) is -0.168. The van der Waals surface area contributed by atoms with Gasteiger partial charge in [-0.2, -0.15) is 0 Å². The molecule has 1 heterocycles. The van der Waals surface area contributed by atoms with Crippen LogP contribution in [0.1, 0.15) is 26.8 Å². The summed E-state index contributed by atoms with van der Waals surface area (Å²) in [5.41, 5.74) is 8.31. The van der Waals surface area contributed by atoms with E-state index in [1.54, 1.807) is 0 Å². The van der Waals surface area contributed by atoms with Gasteiger partial charge in [0.2, 0.25) is 0 Å². The first kappa shape index (κ1) is 15.2. The second-order valence-electron chi connectivity index (χ2n) is 4.50. The zero-order chi connectivity index (χ0) is 15.2. The molecule has 1 amide bonds. The number of amides is 1. The van der Waals surface area contributed by atoms with Crippen molar-refractivity contribution in [1.82, 2.24) is 0 Å². The summed E-state index contributed by atoms with van der Waals surface area (Å²) in [6.07, 6.45) is 0. The van der Waals surface area contributed by atoms with Crippen LogP contribution in [0.15, 0.2) is 35.7 Å². The van der Waals surface area contributed by atoms with Crippen molar-refractivity contribution in [3.8, 4) is 0 Å². The van der Waals surface area contributed by atoms with E-state index < -0.39 is 6.04 Å². The minimum Gasteiger partial charge on any atom is -0.466 e. The minimum absolute atomic E-state index is 0.0980. The standard InChI is InChI=1S/C15H16N2O3S/c1-10-12(13(16)7-20-9-18)8-21-14(10)15(19)17-11-5-3-2-4-6-11/h2-6,8-9,13H,7,16H2,1H3,(H,17,19). The van der Waals surface area contributed by atoms with Gasteiger partial charge in [-0.25, -0.2) is 0 Å². The Balaban J connectivity index is 2.12. The van der Waals surface area contributed by atoms with E-state index in [0.717, 1.165) is 16.8 Å². The largest absolute Gasteiger partial charge is 0.466 e. The van der Waals surface area contributed by atoms with Gasteiger partial charge in [0.05, 0.1) is 10.9 Å². The summed E-state index contributed by atoms with van der Waals surface area (Å²) in [6, 6.07) is 8.82. The predicted molar refractivity (Wildman–Crippen MR) is 82.4 cm³/mol. The zero-order valence-electron chi connectivity index (χ0n) is 11.5. The molecule has 0 bridgehead atoms. The third kappa shape index (κ3) is 3.68. The molecule has 1 aromatic heterocycles. The Hall–Kier alpha value is -2.18. The molecule has 1 unspecified atom stereocenters. The van der Waals surface area contributed by atoms with Crippen LogP contribution in [0.25, 0.3) is 0 Å². The number of para-hydroxylation sites is 1. The lowest BCUT2D eigenvalue weighted by atomic mass is 10.1. The first-order chi connectivity index (χ1) is 10.1. The monoisotopic (exact) mass is 304 g/mol. The van der Waals surface area contributed by atoms with Crippen LogP contribution in [0.3, 0.4) is 0 Å². The number of nitrogens with one attached hydrogen (secondary N) is 1. The second-order valence-corrected chi connectivity index (χ2v) is 5.38. The molecule has 110 valence electrons. The molecular weight excluding hydrogens is 288 g/mol. The van der Waals surface area contributed by atoms with Gasteiger partial charge in [0.25, 0.3) is 12.4 Å². The number of rotatable bonds is 6. The van der Waals surface area contributed by atoms with Gasteiger partial charge in [0.15, 0.2) is 0 Å². The fraction of sp³-hybridized carbons (Fsp3) is 0.200. The van der Waals surface area contributed by atoms with E-state index in [1.807, 2.05) is 42.6 Å². The molecule has 0 spiro atoms. The average molecular weight is 304 g/mol. The van der Waals surface area contributed by atoms with E-state index in [2.05, 4.69) is 10.1 Å². The lowest BCUT2D eigenvalue weighted by Crippen LogP contribution is -2.18. The van der Waals surface area contributed by atoms with E-state index in [0.29, 0.717) is 11.3 Å². The Morgan fingerprint density at radius 2 is 2.14 bits per heavy atom. The highest BCUT2D eigenvalue weighted by Gasteiger charge is 2.19. The highest BCUT2D eigenvalue weighted by atomic mass is 32.1. The SMILES string of the molecule is Cc1c(C(N)COC=O)csc1C(=O)Nc1ccccc1. The number of ether oxygens (including phenoxy) is 1. The van der Waals surface area contributed by atoms with Crippen molar-refractivity contribution in [2.24, 2.45) is 5.73 Å². The van der Waals surface area contributed by atoms with E-state index in [9.17, 15) is 9.59 Å². The van der Waals surface area contributed by atoms with Gasteiger partial charge in [0.1, 0.15) is 6.61 Å². The lowest BCUT2D eigenvalue weighted by molar-refractivity contribution is -0.129. The number of hydrogen-bond acceptors (Lipinski definition) is 5. The highest BCUT2D eigenvalue weighted by molar-refractivity contribution is 7.12. The van der Waals surface area contributed by atoms with Crippen molar-refractivity contribution in [2.45, 2.75) is 13.0 Å². The average Bonchev–Trinajstić information content (AvgIpc) is 2.87. The third-order valence-electron chi connectivity index (χ3n) is 3.06. The highest BCUT2D eigenvalue weighted by Crippen LogP contribution is 2.27. The molecule has 6 heteroatoms. The second kappa shape index (κ2) is 7.01. The van der Waals surface area contributed by atoms with Gasteiger partial charge in [0, 0.05) is 5.69 Å². The fourth-order valence-corrected chi connectivity index (χ4v) is 3.01. The van der Waals surface area contributed by atoms with Gasteiger partial charge < -0.3 is 15.8 Å². The van der Waals surface area contributed by atoms with Crippen LogP contribution < -0.4 is 11.1 Å². The van der Waals surface area contributed by atoms with Crippen LogP contribution in [0.5, 0.6) is 0 Å². The van der Waals surface area contributed by atoms with Crippen molar-refractivity contribution in [3.05, 3.63) is 51.7 Å². The molecule has 1 aromatic carbocycles. The van der Waals surface area contributed by atoms with Crippen molar-refractivity contribution >= 4 is 29.4 Å². The van der Waals surface area contributed by atoms with Crippen LogP contribution in [-0.4, -0.2) is 19.0 Å². The van der Waals surface area contributed by atoms with Crippen molar-refractivity contribution in [1.29, 1.82) is 0 Å². The molecular formula is C15H16N2O3S. The summed E-state index contributed by atoms with van der Waals surface area (Å²) < 4.78 is 4.67. The van der Waals surface area contributed by atoms with Gasteiger partial charge >= 0.3 is 0 Å². The first-order valence-electron chi connectivity index (χ1n) is 6.38. The molecule has 0 fully saturated rings. The van der Waals surface area contributed by atoms with Crippen LogP contribution in [0.2, 0.25) is 0 Å². The molecule has 2 aromatic rings. The summed E-state index contributed by atoms with van der Waals surface area (Å²) in [7, 11) is 0. The van der Waals surface area contributed by atoms with Crippen LogP contribution in [0.4, 0.5) is 5.69 Å². The predicted octanol–water partition coefficient (Wildman–Crippen LogP) is 2.48. The smallest absolute Gasteiger partial charge is 0.293 e. The molecule has 5 nitrogen and oxygen atoms in total. The fourth-order valence-electron chi connectivity index (χ4n) is 1.96. The third-order valence-corrected chi connectivity index (χ3v) is 4.16. The van der Waals surface area contributed by atoms with Crippen LogP contribution in [0, 0.1) is 6.92 Å². The Kier molecular flexibility index (Phi) is 5.08. The molecule has 21 heavy (non-hydrogen) atoms. The molecule has 0 radical (unpaired) electrons. The molecule has 0 saturated carbocycles. The van der Waals surface area contributed by atoms with Crippen LogP contribution >= 0.6 is 11.3 Å². The molecule has 0 saturated heterocycles. The normalized spacial score (nSPS) is 11.7. The first-order valence-corrected chi connectivity index (χ1v) is 7.26. The summed E-state index contributed by atoms with van der Waals surface area (Å²) in [4.78, 5) is 23.1. The number of benzene rings is 1. The van der Waals surface area contributed by atoms with Crippen LogP contribution in [-0.2, 0) is 9.53 Å². The van der Waals surface area contributed by atoms with Crippen molar-refractivity contribution < 1.29 is 14.3 Å². The Morgan fingerprint density at radius 3 is 2.81 bits per heavy atom. The quantitative estimate of drug-likeness (QED) is 0.803. The molecule has 0 aliphatic rings. The summed E-state index contributed by atoms with van der Waals surface area (Å²) >= 11 is 1.33. The van der Waals surface area contributed by atoms with Crippen molar-refractivity contribution in [3.63, 3.8) is 0 Å². The topological polar surface area (TPSA) is 81.4 Å². The van der Waals surface area contributed by atoms with Gasteiger partial charge in [-0.05, 0) is 35.6 Å². The number of carbonyl (C=O) groups is 2. The molecule has 3 N–H and O–H groups in total. The zero-order valence-corrected chi connectivity index (χ0v) is 12.4. The molecule has 1 atom stereocenters. The summed E-state index contributed by atoms with van der Waals surface area (Å²) in [5, 5.41) is 4.67. The molecule has 2 rings (SSSR count). The number of hydrogen-bond donors (Lipinski definition) is 2. The molecule has 0 aliphatic carbocycles. The lowest BCUT2D eigenvalue weighted by Gasteiger charge is -2.10. The minimum atomic E-state index is -0.426. The maximum absolute atomic E-state index is 12.3. The Bertz CT molecular complexity index is 625. The van der Waals surface area contributed by atoms with E-state index in [1.165, 1.54) is 11.3 Å². The van der Waals surface area contributed by atoms with Gasteiger partial charge in [-0.15, -0.1) is 11.3 Å². The van der Waals surface area contributed by atoms with Gasteiger partial charge in [-0.3, -0.25) is 9.59 Å². The molecule has 0 aliphatic heterocycles. The number of carbonyl (C=O) groups excluding carboxylic acids is 2. The van der Waals surface area contributed by atoms with E-state index >= 15 is 0 Å². The maximum Gasteiger partial charge on any atom is 0.293 e. The van der Waals surface area contributed by atoms with Crippen molar-refractivity contribution in [2.75, 3.05) is 11.9 Å². The summed E-state index contributed by atoms with van der Waals surface area (Å²) in [6.45, 7) is 2.30. The Morgan fingerprint density at radius 1 is 1.43 bits per heavy atom. The van der Waals surface area contributed by atoms with E-state index in [-0.39, 0.29) is 12.5 Å². The Labute approximate surface area is 126 Å². The maximum atomic E-state index is 12.3. The number of thiophene rings is 1. The van der Waals surface area contributed by atoms with E-state index in [4.69, 9.17) is 5.73 Å².